The molecule has 1 aromatic carbocycles. The van der Waals surface area contributed by atoms with Crippen molar-refractivity contribution < 1.29 is 0 Å². The van der Waals surface area contributed by atoms with E-state index >= 15 is 0 Å². The van der Waals surface area contributed by atoms with E-state index in [1.165, 1.54) is 4.80 Å². The largest absolute Gasteiger partial charge is 0.226 e. The Labute approximate surface area is 122 Å². The summed E-state index contributed by atoms with van der Waals surface area (Å²) in [5.74, 6) is 0.516. The molecule has 8 heteroatoms. The van der Waals surface area contributed by atoms with E-state index in [0.717, 1.165) is 15.9 Å². The zero-order chi connectivity index (χ0) is 13.4. The molecule has 0 atom stereocenters. The average Bonchev–Trinajstić information content (AvgIpc) is 2.95. The molecule has 2 aromatic heterocycles. The number of hydrogen-bond acceptors (Lipinski definition) is 4. The van der Waals surface area contributed by atoms with Crippen LogP contribution in [0.25, 0.3) is 17.1 Å². The van der Waals surface area contributed by atoms with Gasteiger partial charge in [0.05, 0.1) is 24.5 Å². The zero-order valence-corrected chi connectivity index (χ0v) is 12.2. The Morgan fingerprint density at radius 2 is 2.16 bits per heavy atom. The van der Waals surface area contributed by atoms with Gasteiger partial charge in [-0.2, -0.15) is 9.90 Å². The van der Waals surface area contributed by atoms with Crippen LogP contribution in [0, 0.1) is 0 Å². The van der Waals surface area contributed by atoms with Gasteiger partial charge in [-0.3, -0.25) is 0 Å². The van der Waals surface area contributed by atoms with Crippen molar-refractivity contribution in [3.8, 4) is 17.1 Å². The maximum atomic E-state index is 5.98. The van der Waals surface area contributed by atoms with Gasteiger partial charge in [0, 0.05) is 5.02 Å². The molecule has 0 aliphatic rings. The van der Waals surface area contributed by atoms with Crippen LogP contribution in [-0.4, -0.2) is 30.0 Å². The van der Waals surface area contributed by atoms with E-state index in [-0.39, 0.29) is 0 Å². The van der Waals surface area contributed by atoms with Crippen molar-refractivity contribution in [3.63, 3.8) is 0 Å². The van der Waals surface area contributed by atoms with Crippen LogP contribution in [0.3, 0.4) is 0 Å². The Bertz CT molecular complexity index is 734. The first-order valence-corrected chi connectivity index (χ1v) is 6.56. The van der Waals surface area contributed by atoms with Crippen LogP contribution in [0.15, 0.2) is 35.1 Å². The predicted molar refractivity (Wildman–Crippen MR) is 74.1 cm³/mol. The number of rotatable bonds is 2. The summed E-state index contributed by atoms with van der Waals surface area (Å²) in [7, 11) is 1.71. The van der Waals surface area contributed by atoms with Crippen LogP contribution < -0.4 is 0 Å². The van der Waals surface area contributed by atoms with Gasteiger partial charge in [0.15, 0.2) is 0 Å². The quantitative estimate of drug-likeness (QED) is 0.719. The lowest BCUT2D eigenvalue weighted by Gasteiger charge is -2.03. The van der Waals surface area contributed by atoms with Crippen molar-refractivity contribution in [2.24, 2.45) is 7.05 Å². The minimum absolute atomic E-state index is 0.516. The van der Waals surface area contributed by atoms with E-state index in [0.29, 0.717) is 10.8 Å². The van der Waals surface area contributed by atoms with Crippen LogP contribution in [0.4, 0.5) is 0 Å². The van der Waals surface area contributed by atoms with Crippen LogP contribution in [0.1, 0.15) is 0 Å². The molecule has 96 valence electrons. The fourth-order valence-electron chi connectivity index (χ4n) is 1.66. The third-order valence-electron chi connectivity index (χ3n) is 2.51. The van der Waals surface area contributed by atoms with Crippen molar-refractivity contribution in [2.45, 2.75) is 0 Å². The summed E-state index contributed by atoms with van der Waals surface area (Å²) in [6.45, 7) is 0. The topological polar surface area (TPSA) is 61.4 Å². The summed E-state index contributed by atoms with van der Waals surface area (Å²) in [4.78, 5) is 1.40. The maximum absolute atomic E-state index is 5.98. The molecule has 3 aromatic rings. The Kier molecular flexibility index (Phi) is 3.08. The first kappa shape index (κ1) is 12.3. The number of aromatic nitrogens is 6. The summed E-state index contributed by atoms with van der Waals surface area (Å²) in [5, 5.41) is 16.9. The van der Waals surface area contributed by atoms with Gasteiger partial charge in [0.2, 0.25) is 5.82 Å². The van der Waals surface area contributed by atoms with Crippen LogP contribution >= 0.6 is 27.5 Å². The molecule has 0 spiro atoms. The number of halogens is 2. The predicted octanol–water partition coefficient (Wildman–Crippen LogP) is 2.48. The Morgan fingerprint density at radius 1 is 1.32 bits per heavy atom. The van der Waals surface area contributed by atoms with Crippen molar-refractivity contribution >= 4 is 27.5 Å². The number of benzene rings is 1. The lowest BCUT2D eigenvalue weighted by Crippen LogP contribution is -1.96. The van der Waals surface area contributed by atoms with Gasteiger partial charge in [-0.25, -0.2) is 4.68 Å². The second kappa shape index (κ2) is 4.75. The van der Waals surface area contributed by atoms with Crippen LogP contribution in [-0.2, 0) is 7.05 Å². The molecule has 0 saturated carbocycles. The van der Waals surface area contributed by atoms with E-state index in [4.69, 9.17) is 11.6 Å². The van der Waals surface area contributed by atoms with E-state index < -0.39 is 0 Å². The minimum atomic E-state index is 0.516. The molecule has 0 radical (unpaired) electrons. The number of hydrogen-bond donors (Lipinski definition) is 0. The summed E-state index contributed by atoms with van der Waals surface area (Å²) in [5.41, 5.74) is 1.63. The van der Waals surface area contributed by atoms with E-state index in [2.05, 4.69) is 36.4 Å². The normalized spacial score (nSPS) is 10.9. The Hall–Kier alpha value is -1.73. The average molecular weight is 340 g/mol. The van der Waals surface area contributed by atoms with Crippen molar-refractivity contribution in [1.82, 2.24) is 30.0 Å². The second-order valence-corrected chi connectivity index (χ2v) is 5.03. The highest BCUT2D eigenvalue weighted by molar-refractivity contribution is 9.10. The molecule has 3 rings (SSSR count). The molecule has 0 fully saturated rings. The molecule has 0 bridgehead atoms. The third kappa shape index (κ3) is 2.26. The monoisotopic (exact) mass is 338 g/mol. The molecule has 0 unspecified atom stereocenters. The van der Waals surface area contributed by atoms with Gasteiger partial charge in [0.25, 0.3) is 0 Å². The molecule has 0 aliphatic heterocycles. The minimum Gasteiger partial charge on any atom is -0.226 e. The van der Waals surface area contributed by atoms with Crippen molar-refractivity contribution in [2.75, 3.05) is 0 Å². The molecule has 0 N–H and O–H groups in total. The van der Waals surface area contributed by atoms with E-state index in [1.54, 1.807) is 17.9 Å². The summed E-state index contributed by atoms with van der Waals surface area (Å²) >= 11 is 9.48. The fraction of sp³-hybridized carbons (Fsp3) is 0.0909. The smallest absolute Gasteiger partial charge is 0.209 e. The lowest BCUT2D eigenvalue weighted by molar-refractivity contribution is 0.630. The third-order valence-corrected chi connectivity index (χ3v) is 3.51. The first-order chi connectivity index (χ1) is 9.15. The van der Waals surface area contributed by atoms with Gasteiger partial charge in [-0.15, -0.1) is 10.2 Å². The number of tetrazole rings is 1. The molecule has 0 amide bonds. The number of aryl methyl sites for hydroxylation is 1. The standard InChI is InChI=1S/C11H8BrClN6/c1-18-16-11(15-17-18)9-6-14-19(10(9)12)8-4-2-3-7(13)5-8/h2-6H,1H3. The Balaban J connectivity index is 2.08. The highest BCUT2D eigenvalue weighted by Crippen LogP contribution is 2.27. The van der Waals surface area contributed by atoms with Crippen LogP contribution in [0.2, 0.25) is 5.02 Å². The van der Waals surface area contributed by atoms with Gasteiger partial charge in [0.1, 0.15) is 4.60 Å². The van der Waals surface area contributed by atoms with Gasteiger partial charge in [-0.1, -0.05) is 17.7 Å². The van der Waals surface area contributed by atoms with Gasteiger partial charge >= 0.3 is 0 Å². The zero-order valence-electron chi connectivity index (χ0n) is 9.83. The maximum Gasteiger partial charge on any atom is 0.209 e. The van der Waals surface area contributed by atoms with E-state index in [1.807, 2.05) is 24.3 Å². The number of nitrogens with zero attached hydrogens (tertiary/aromatic N) is 6. The van der Waals surface area contributed by atoms with Crippen LogP contribution in [0.5, 0.6) is 0 Å². The van der Waals surface area contributed by atoms with Crippen molar-refractivity contribution in [3.05, 3.63) is 40.1 Å². The molecule has 2 heterocycles. The summed E-state index contributed by atoms with van der Waals surface area (Å²) in [6, 6.07) is 7.42. The molecule has 0 saturated heterocycles. The van der Waals surface area contributed by atoms with E-state index in [9.17, 15) is 0 Å². The van der Waals surface area contributed by atoms with Crippen molar-refractivity contribution in [1.29, 1.82) is 0 Å². The lowest BCUT2D eigenvalue weighted by atomic mass is 10.3. The summed E-state index contributed by atoms with van der Waals surface area (Å²) in [6.07, 6.45) is 1.68. The molecular weight excluding hydrogens is 332 g/mol. The molecule has 19 heavy (non-hydrogen) atoms. The molecule has 0 aliphatic carbocycles. The van der Waals surface area contributed by atoms with Gasteiger partial charge in [-0.05, 0) is 39.3 Å². The fourth-order valence-corrected chi connectivity index (χ4v) is 2.42. The highest BCUT2D eigenvalue weighted by atomic mass is 79.9. The highest BCUT2D eigenvalue weighted by Gasteiger charge is 2.15. The van der Waals surface area contributed by atoms with Gasteiger partial charge < -0.3 is 0 Å². The summed E-state index contributed by atoms with van der Waals surface area (Å²) < 4.78 is 2.47. The second-order valence-electron chi connectivity index (χ2n) is 3.84. The SMILES string of the molecule is Cn1nnc(-c2cnn(-c3cccc(Cl)c3)c2Br)n1. The first-order valence-electron chi connectivity index (χ1n) is 5.39. The Morgan fingerprint density at radius 3 is 2.84 bits per heavy atom. The molecule has 6 nitrogen and oxygen atoms in total. The molecular formula is C11H8BrClN6.